The number of rotatable bonds is 1. The molecule has 0 aromatic heterocycles. The molecule has 4 heteroatoms. The highest BCUT2D eigenvalue weighted by Gasteiger charge is 2.22. The molecule has 1 aliphatic heterocycles. The number of aliphatic hydroxyl groups is 1. The molecule has 0 amide bonds. The van der Waals surface area contributed by atoms with E-state index in [1.807, 2.05) is 11.9 Å². The first-order chi connectivity index (χ1) is 6.70. The maximum atomic E-state index is 12.9. The monoisotopic (exact) mass is 197 g/mol. The average molecular weight is 197 g/mol. The van der Waals surface area contributed by atoms with Crippen molar-refractivity contribution in [2.24, 2.45) is 0 Å². The molecule has 0 bridgehead atoms. The minimum absolute atomic E-state index is 0.0553. The summed E-state index contributed by atoms with van der Waals surface area (Å²) in [6.07, 6.45) is -0.269. The Labute approximate surface area is 81.7 Å². The van der Waals surface area contributed by atoms with Gasteiger partial charge in [0.15, 0.2) is 0 Å². The highest BCUT2D eigenvalue weighted by molar-refractivity contribution is 5.59. The van der Waals surface area contributed by atoms with E-state index in [0.717, 1.165) is 5.69 Å². The lowest BCUT2D eigenvalue weighted by atomic mass is 10.2. The Balaban J connectivity index is 2.35. The van der Waals surface area contributed by atoms with E-state index in [1.54, 1.807) is 6.07 Å². The minimum Gasteiger partial charge on any atom is -0.484 e. The summed E-state index contributed by atoms with van der Waals surface area (Å²) in [5, 5.41) is 8.96. The van der Waals surface area contributed by atoms with Crippen molar-refractivity contribution in [3.63, 3.8) is 0 Å². The maximum Gasteiger partial charge on any atom is 0.146 e. The third-order valence-electron chi connectivity index (χ3n) is 2.31. The Hall–Kier alpha value is -1.29. The molecule has 0 unspecified atom stereocenters. The summed E-state index contributed by atoms with van der Waals surface area (Å²) >= 11 is 0. The molecule has 0 aliphatic carbocycles. The summed E-state index contributed by atoms with van der Waals surface area (Å²) in [7, 11) is 1.89. The summed E-state index contributed by atoms with van der Waals surface area (Å²) in [5.74, 6) is 0.175. The van der Waals surface area contributed by atoms with Crippen molar-refractivity contribution in [3.8, 4) is 5.75 Å². The van der Waals surface area contributed by atoms with Gasteiger partial charge in [0, 0.05) is 13.1 Å². The van der Waals surface area contributed by atoms with Crippen LogP contribution in [0.4, 0.5) is 10.1 Å². The number of ether oxygens (including phenoxy) is 1. The maximum absolute atomic E-state index is 12.9. The standard InChI is InChI=1S/C10H12FNO2/c1-12-5-8(6-13)14-10-4-7(11)2-3-9(10)12/h2-4,8,13H,5-6H2,1H3/t8-/m0/s1. The van der Waals surface area contributed by atoms with Crippen LogP contribution in [0.25, 0.3) is 0 Å². The van der Waals surface area contributed by atoms with Crippen molar-refractivity contribution in [2.75, 3.05) is 25.1 Å². The molecule has 0 spiro atoms. The van der Waals surface area contributed by atoms with Crippen LogP contribution < -0.4 is 9.64 Å². The van der Waals surface area contributed by atoms with Crippen LogP contribution in [0, 0.1) is 5.82 Å². The van der Waals surface area contributed by atoms with Crippen molar-refractivity contribution >= 4 is 5.69 Å². The molecule has 0 fully saturated rings. The predicted octanol–water partition coefficient (Wildman–Crippen LogP) is 1.02. The van der Waals surface area contributed by atoms with Gasteiger partial charge in [0.1, 0.15) is 17.7 Å². The molecule has 0 radical (unpaired) electrons. The van der Waals surface area contributed by atoms with Crippen molar-refractivity contribution in [2.45, 2.75) is 6.10 Å². The second-order valence-corrected chi connectivity index (χ2v) is 3.42. The zero-order valence-electron chi connectivity index (χ0n) is 7.90. The molecule has 1 N–H and O–H groups in total. The molecule has 1 aromatic carbocycles. The molecule has 1 heterocycles. The van der Waals surface area contributed by atoms with Gasteiger partial charge in [0.05, 0.1) is 18.8 Å². The SMILES string of the molecule is CN1C[C@@H](CO)Oc2cc(F)ccc21. The molecule has 2 rings (SSSR count). The summed E-state index contributed by atoms with van der Waals surface area (Å²) in [4.78, 5) is 1.94. The van der Waals surface area contributed by atoms with E-state index in [4.69, 9.17) is 9.84 Å². The number of hydrogen-bond donors (Lipinski definition) is 1. The molecule has 76 valence electrons. The fourth-order valence-electron chi connectivity index (χ4n) is 1.61. The summed E-state index contributed by atoms with van der Waals surface area (Å²) in [6, 6.07) is 4.42. The Kier molecular flexibility index (Phi) is 2.29. The van der Waals surface area contributed by atoms with Crippen LogP contribution in [0.3, 0.4) is 0 Å². The third-order valence-corrected chi connectivity index (χ3v) is 2.31. The topological polar surface area (TPSA) is 32.7 Å². The lowest BCUT2D eigenvalue weighted by molar-refractivity contribution is 0.113. The second kappa shape index (κ2) is 3.46. The molecule has 1 atom stereocenters. The van der Waals surface area contributed by atoms with E-state index >= 15 is 0 Å². The van der Waals surface area contributed by atoms with Crippen molar-refractivity contribution in [3.05, 3.63) is 24.0 Å². The molecule has 0 saturated heterocycles. The normalized spacial score (nSPS) is 20.2. The number of benzene rings is 1. The van der Waals surface area contributed by atoms with Crippen LogP contribution in [0.5, 0.6) is 5.75 Å². The number of fused-ring (bicyclic) bond motifs is 1. The van der Waals surface area contributed by atoms with E-state index in [9.17, 15) is 4.39 Å². The van der Waals surface area contributed by atoms with Gasteiger partial charge < -0.3 is 14.7 Å². The van der Waals surface area contributed by atoms with Crippen LogP contribution in [0.15, 0.2) is 18.2 Å². The van der Waals surface area contributed by atoms with E-state index in [-0.39, 0.29) is 18.5 Å². The van der Waals surface area contributed by atoms with Crippen LogP contribution in [-0.2, 0) is 0 Å². The quantitative estimate of drug-likeness (QED) is 0.729. The minimum atomic E-state index is -0.323. The van der Waals surface area contributed by atoms with Crippen LogP contribution in [-0.4, -0.2) is 31.4 Å². The first kappa shape index (κ1) is 9.27. The van der Waals surface area contributed by atoms with E-state index < -0.39 is 0 Å². The van der Waals surface area contributed by atoms with Gasteiger partial charge in [0.2, 0.25) is 0 Å². The van der Waals surface area contributed by atoms with Gasteiger partial charge in [-0.3, -0.25) is 0 Å². The third kappa shape index (κ3) is 1.53. The van der Waals surface area contributed by atoms with Crippen molar-refractivity contribution in [1.29, 1.82) is 0 Å². The Morgan fingerprint density at radius 1 is 1.64 bits per heavy atom. The van der Waals surface area contributed by atoms with Crippen LogP contribution >= 0.6 is 0 Å². The molecule has 14 heavy (non-hydrogen) atoms. The predicted molar refractivity (Wildman–Crippen MR) is 51.2 cm³/mol. The van der Waals surface area contributed by atoms with Gasteiger partial charge in [-0.2, -0.15) is 0 Å². The summed E-state index contributed by atoms with van der Waals surface area (Å²) in [5.41, 5.74) is 0.858. The number of aliphatic hydroxyl groups excluding tert-OH is 1. The highest BCUT2D eigenvalue weighted by atomic mass is 19.1. The smallest absolute Gasteiger partial charge is 0.146 e. The second-order valence-electron chi connectivity index (χ2n) is 3.42. The largest absolute Gasteiger partial charge is 0.484 e. The van der Waals surface area contributed by atoms with Crippen LogP contribution in [0.2, 0.25) is 0 Å². The van der Waals surface area contributed by atoms with Gasteiger partial charge in [-0.1, -0.05) is 0 Å². The first-order valence-electron chi connectivity index (χ1n) is 4.49. The zero-order chi connectivity index (χ0) is 10.1. The summed E-state index contributed by atoms with van der Waals surface area (Å²) in [6.45, 7) is 0.565. The Morgan fingerprint density at radius 2 is 2.43 bits per heavy atom. The average Bonchev–Trinajstić information content (AvgIpc) is 2.16. The number of nitrogens with zero attached hydrogens (tertiary/aromatic N) is 1. The molecule has 1 aliphatic rings. The molecular weight excluding hydrogens is 185 g/mol. The molecule has 0 saturated carbocycles. The van der Waals surface area contributed by atoms with Gasteiger partial charge in [-0.25, -0.2) is 4.39 Å². The Morgan fingerprint density at radius 3 is 3.14 bits per heavy atom. The van der Waals surface area contributed by atoms with Crippen molar-refractivity contribution in [1.82, 2.24) is 0 Å². The summed E-state index contributed by atoms with van der Waals surface area (Å²) < 4.78 is 18.3. The fourth-order valence-corrected chi connectivity index (χ4v) is 1.61. The van der Waals surface area contributed by atoms with E-state index in [0.29, 0.717) is 12.3 Å². The van der Waals surface area contributed by atoms with Gasteiger partial charge in [-0.15, -0.1) is 0 Å². The first-order valence-corrected chi connectivity index (χ1v) is 4.49. The number of anilines is 1. The zero-order valence-corrected chi connectivity index (χ0v) is 7.90. The van der Waals surface area contributed by atoms with Gasteiger partial charge in [-0.05, 0) is 12.1 Å². The fraction of sp³-hybridized carbons (Fsp3) is 0.400. The molecular formula is C10H12FNO2. The van der Waals surface area contributed by atoms with Crippen LogP contribution in [0.1, 0.15) is 0 Å². The van der Waals surface area contributed by atoms with Crippen molar-refractivity contribution < 1.29 is 14.2 Å². The lowest BCUT2D eigenvalue weighted by Gasteiger charge is -2.32. The number of hydrogen-bond acceptors (Lipinski definition) is 3. The highest BCUT2D eigenvalue weighted by Crippen LogP contribution is 2.32. The lowest BCUT2D eigenvalue weighted by Crippen LogP contribution is -2.39. The van der Waals surface area contributed by atoms with E-state index in [1.165, 1.54) is 12.1 Å². The molecule has 3 nitrogen and oxygen atoms in total. The van der Waals surface area contributed by atoms with Gasteiger partial charge in [0.25, 0.3) is 0 Å². The molecule has 1 aromatic rings. The van der Waals surface area contributed by atoms with Gasteiger partial charge >= 0.3 is 0 Å². The number of likely N-dealkylation sites (N-methyl/N-ethyl adjacent to an activating group) is 1. The number of halogens is 1. The van der Waals surface area contributed by atoms with E-state index in [2.05, 4.69) is 0 Å². The Bertz CT molecular complexity index is 343.